The van der Waals surface area contributed by atoms with Crippen molar-refractivity contribution in [3.05, 3.63) is 23.8 Å². The highest BCUT2D eigenvalue weighted by Crippen LogP contribution is 2.31. The van der Waals surface area contributed by atoms with E-state index >= 15 is 0 Å². The van der Waals surface area contributed by atoms with Gasteiger partial charge < -0.3 is 19.5 Å². The molecule has 0 heterocycles. The Kier molecular flexibility index (Phi) is 7.37. The number of hydrogen-bond donors (Lipinski definition) is 1. The topological polar surface area (TPSA) is 56.8 Å². The summed E-state index contributed by atoms with van der Waals surface area (Å²) in [4.78, 5) is 12.4. The SMILES string of the molecule is COCCOc1ccc([C@@H](C)NC(=O)C2CCCCC2)cc1OC. The van der Waals surface area contributed by atoms with Crippen LogP contribution in [0.2, 0.25) is 0 Å². The molecule has 0 saturated heterocycles. The molecule has 1 saturated carbocycles. The molecule has 0 radical (unpaired) electrons. The fourth-order valence-corrected chi connectivity index (χ4v) is 3.09. The van der Waals surface area contributed by atoms with Crippen molar-refractivity contribution in [2.75, 3.05) is 27.4 Å². The first-order valence-corrected chi connectivity index (χ1v) is 8.75. The van der Waals surface area contributed by atoms with Crippen LogP contribution in [0.25, 0.3) is 0 Å². The van der Waals surface area contributed by atoms with Gasteiger partial charge in [-0.15, -0.1) is 0 Å². The molecular weight excluding hydrogens is 306 g/mol. The Morgan fingerprint density at radius 2 is 1.92 bits per heavy atom. The zero-order valence-electron chi connectivity index (χ0n) is 15.0. The van der Waals surface area contributed by atoms with E-state index < -0.39 is 0 Å². The number of carbonyl (C=O) groups is 1. The molecule has 2 rings (SSSR count). The minimum absolute atomic E-state index is 0.0543. The van der Waals surface area contributed by atoms with E-state index in [1.54, 1.807) is 14.2 Å². The first-order valence-electron chi connectivity index (χ1n) is 8.75. The Bertz CT molecular complexity index is 526. The molecular formula is C19H29NO4. The summed E-state index contributed by atoms with van der Waals surface area (Å²) in [5, 5.41) is 3.13. The van der Waals surface area contributed by atoms with Crippen LogP contribution in [0.3, 0.4) is 0 Å². The lowest BCUT2D eigenvalue weighted by molar-refractivity contribution is -0.126. The smallest absolute Gasteiger partial charge is 0.223 e. The van der Waals surface area contributed by atoms with Gasteiger partial charge >= 0.3 is 0 Å². The van der Waals surface area contributed by atoms with Gasteiger partial charge in [0.2, 0.25) is 5.91 Å². The highest BCUT2D eigenvalue weighted by atomic mass is 16.5. The molecule has 5 heteroatoms. The molecule has 1 amide bonds. The number of benzene rings is 1. The third kappa shape index (κ3) is 5.13. The van der Waals surface area contributed by atoms with Crippen molar-refractivity contribution in [2.45, 2.75) is 45.1 Å². The molecule has 1 aliphatic carbocycles. The molecule has 0 bridgehead atoms. The van der Waals surface area contributed by atoms with Crippen LogP contribution in [0.1, 0.15) is 50.6 Å². The number of amides is 1. The molecule has 0 spiro atoms. The zero-order chi connectivity index (χ0) is 17.4. The Hall–Kier alpha value is -1.75. The third-order valence-electron chi connectivity index (χ3n) is 4.57. The molecule has 1 aromatic carbocycles. The average molecular weight is 335 g/mol. The summed E-state index contributed by atoms with van der Waals surface area (Å²) in [5.41, 5.74) is 1.01. The second kappa shape index (κ2) is 9.52. The highest BCUT2D eigenvalue weighted by molar-refractivity contribution is 5.79. The summed E-state index contributed by atoms with van der Waals surface area (Å²) in [6.07, 6.45) is 5.59. The van der Waals surface area contributed by atoms with E-state index in [1.165, 1.54) is 6.42 Å². The van der Waals surface area contributed by atoms with Gasteiger partial charge in [-0.05, 0) is 37.5 Å². The van der Waals surface area contributed by atoms with Crippen LogP contribution in [-0.2, 0) is 9.53 Å². The van der Waals surface area contributed by atoms with Gasteiger partial charge in [0.1, 0.15) is 6.61 Å². The molecule has 1 N–H and O–H groups in total. The predicted octanol–water partition coefficient (Wildman–Crippen LogP) is 3.48. The van der Waals surface area contributed by atoms with E-state index in [9.17, 15) is 4.79 Å². The molecule has 1 atom stereocenters. The molecule has 5 nitrogen and oxygen atoms in total. The van der Waals surface area contributed by atoms with Crippen molar-refractivity contribution >= 4 is 5.91 Å². The highest BCUT2D eigenvalue weighted by Gasteiger charge is 2.22. The Balaban J connectivity index is 1.97. The number of hydrogen-bond acceptors (Lipinski definition) is 4. The molecule has 1 aromatic rings. The zero-order valence-corrected chi connectivity index (χ0v) is 15.0. The molecule has 134 valence electrons. The summed E-state index contributed by atoms with van der Waals surface area (Å²) in [5.74, 6) is 1.69. The van der Waals surface area contributed by atoms with Gasteiger partial charge in [0, 0.05) is 13.0 Å². The monoisotopic (exact) mass is 335 g/mol. The predicted molar refractivity (Wildman–Crippen MR) is 93.5 cm³/mol. The summed E-state index contributed by atoms with van der Waals surface area (Å²) < 4.78 is 16.0. The Labute approximate surface area is 144 Å². The summed E-state index contributed by atoms with van der Waals surface area (Å²) in [6, 6.07) is 5.72. The van der Waals surface area contributed by atoms with Crippen LogP contribution in [0, 0.1) is 5.92 Å². The van der Waals surface area contributed by atoms with Gasteiger partial charge in [-0.2, -0.15) is 0 Å². The summed E-state index contributed by atoms with van der Waals surface area (Å²) in [7, 11) is 3.26. The molecule has 0 unspecified atom stereocenters. The molecule has 24 heavy (non-hydrogen) atoms. The minimum atomic E-state index is -0.0543. The maximum Gasteiger partial charge on any atom is 0.223 e. The van der Waals surface area contributed by atoms with E-state index in [2.05, 4.69) is 5.32 Å². The van der Waals surface area contributed by atoms with Gasteiger partial charge in [0.05, 0.1) is 19.8 Å². The normalized spacial score (nSPS) is 16.5. The molecule has 0 aliphatic heterocycles. The van der Waals surface area contributed by atoms with E-state index in [-0.39, 0.29) is 17.9 Å². The number of rotatable bonds is 8. The fraction of sp³-hybridized carbons (Fsp3) is 0.632. The first-order chi connectivity index (χ1) is 11.7. The standard InChI is InChI=1S/C19H29NO4/c1-14(20-19(21)15-7-5-4-6-8-15)16-9-10-17(18(13-16)23-3)24-12-11-22-2/h9-10,13-15H,4-8,11-12H2,1-3H3,(H,20,21)/t14-/m1/s1. The van der Waals surface area contributed by atoms with Crippen molar-refractivity contribution in [1.29, 1.82) is 0 Å². The van der Waals surface area contributed by atoms with Crippen molar-refractivity contribution < 1.29 is 19.0 Å². The van der Waals surface area contributed by atoms with Crippen LogP contribution in [0.15, 0.2) is 18.2 Å². The third-order valence-corrected chi connectivity index (χ3v) is 4.57. The Morgan fingerprint density at radius 3 is 2.58 bits per heavy atom. The number of methoxy groups -OCH3 is 2. The summed E-state index contributed by atoms with van der Waals surface area (Å²) in [6.45, 7) is 3.00. The van der Waals surface area contributed by atoms with Gasteiger partial charge in [-0.25, -0.2) is 0 Å². The fourth-order valence-electron chi connectivity index (χ4n) is 3.09. The lowest BCUT2D eigenvalue weighted by Crippen LogP contribution is -2.33. The van der Waals surface area contributed by atoms with Gasteiger partial charge in [0.15, 0.2) is 11.5 Å². The van der Waals surface area contributed by atoms with Gasteiger partial charge in [-0.1, -0.05) is 25.3 Å². The molecule has 1 fully saturated rings. The van der Waals surface area contributed by atoms with Crippen molar-refractivity contribution in [1.82, 2.24) is 5.32 Å². The quantitative estimate of drug-likeness (QED) is 0.739. The second-order valence-corrected chi connectivity index (χ2v) is 6.32. The lowest BCUT2D eigenvalue weighted by atomic mass is 9.88. The van der Waals surface area contributed by atoms with E-state index in [0.29, 0.717) is 24.7 Å². The second-order valence-electron chi connectivity index (χ2n) is 6.32. The summed E-state index contributed by atoms with van der Waals surface area (Å²) >= 11 is 0. The van der Waals surface area contributed by atoms with Crippen LogP contribution in [-0.4, -0.2) is 33.3 Å². The first kappa shape index (κ1) is 18.6. The maximum atomic E-state index is 12.4. The minimum Gasteiger partial charge on any atom is -0.493 e. The van der Waals surface area contributed by atoms with Crippen molar-refractivity contribution in [3.63, 3.8) is 0 Å². The van der Waals surface area contributed by atoms with Gasteiger partial charge in [-0.3, -0.25) is 4.79 Å². The Morgan fingerprint density at radius 1 is 1.17 bits per heavy atom. The number of ether oxygens (including phenoxy) is 3. The van der Waals surface area contributed by atoms with Crippen LogP contribution < -0.4 is 14.8 Å². The lowest BCUT2D eigenvalue weighted by Gasteiger charge is -2.23. The molecule has 1 aliphatic rings. The van der Waals surface area contributed by atoms with Crippen LogP contribution >= 0.6 is 0 Å². The molecule has 0 aromatic heterocycles. The van der Waals surface area contributed by atoms with Crippen molar-refractivity contribution in [3.8, 4) is 11.5 Å². The maximum absolute atomic E-state index is 12.4. The van der Waals surface area contributed by atoms with E-state index in [0.717, 1.165) is 31.2 Å². The largest absolute Gasteiger partial charge is 0.493 e. The van der Waals surface area contributed by atoms with Gasteiger partial charge in [0.25, 0.3) is 0 Å². The van der Waals surface area contributed by atoms with Crippen LogP contribution in [0.5, 0.6) is 11.5 Å². The van der Waals surface area contributed by atoms with Crippen molar-refractivity contribution in [2.24, 2.45) is 5.92 Å². The van der Waals surface area contributed by atoms with E-state index in [4.69, 9.17) is 14.2 Å². The average Bonchev–Trinajstić information content (AvgIpc) is 2.62. The number of carbonyl (C=O) groups excluding carboxylic acids is 1. The van der Waals surface area contributed by atoms with E-state index in [1.807, 2.05) is 25.1 Å². The number of nitrogens with one attached hydrogen (secondary N) is 1. The van der Waals surface area contributed by atoms with Crippen LogP contribution in [0.4, 0.5) is 0 Å².